The summed E-state index contributed by atoms with van der Waals surface area (Å²) in [7, 11) is 0. The Labute approximate surface area is 103 Å². The Morgan fingerprint density at radius 2 is 2.06 bits per heavy atom. The van der Waals surface area contributed by atoms with E-state index in [0.717, 1.165) is 18.5 Å². The number of hydrogen-bond donors (Lipinski definition) is 1. The Bertz CT molecular complexity index is 440. The van der Waals surface area contributed by atoms with Gasteiger partial charge in [-0.1, -0.05) is 18.6 Å². The van der Waals surface area contributed by atoms with Gasteiger partial charge in [0.25, 0.3) is 0 Å². The fraction of sp³-hybridized carbons (Fsp3) is 0.600. The quantitative estimate of drug-likeness (QED) is 0.793. The fourth-order valence-electron chi connectivity index (χ4n) is 3.73. The summed E-state index contributed by atoms with van der Waals surface area (Å²) in [6.07, 6.45) is 5.61. The van der Waals surface area contributed by atoms with Crippen molar-refractivity contribution in [3.63, 3.8) is 0 Å². The maximum Gasteiger partial charge on any atom is 0.0402 e. The highest BCUT2D eigenvalue weighted by atomic mass is 15.2. The Hall–Kier alpha value is -1.02. The predicted octanol–water partition coefficient (Wildman–Crippen LogP) is 2.32. The molecule has 1 aromatic rings. The summed E-state index contributed by atoms with van der Waals surface area (Å²) in [5, 5.41) is 3.46. The summed E-state index contributed by atoms with van der Waals surface area (Å²) in [6.45, 7) is 4.83. The molecule has 2 heteroatoms. The van der Waals surface area contributed by atoms with E-state index in [1.807, 2.05) is 0 Å². The van der Waals surface area contributed by atoms with Crippen LogP contribution in [0.1, 0.15) is 30.4 Å². The Balaban J connectivity index is 1.61. The second-order valence-electron chi connectivity index (χ2n) is 6.05. The molecule has 17 heavy (non-hydrogen) atoms. The van der Waals surface area contributed by atoms with Gasteiger partial charge in [0, 0.05) is 30.7 Å². The highest BCUT2D eigenvalue weighted by Gasteiger charge is 2.47. The second kappa shape index (κ2) is 3.49. The molecule has 2 aliphatic heterocycles. The van der Waals surface area contributed by atoms with Gasteiger partial charge in [-0.3, -0.25) is 0 Å². The molecular weight excluding hydrogens is 208 g/mol. The maximum absolute atomic E-state index is 3.46. The SMILES string of the molecule is c1cc2c(c(N3CC4(CCC4)C3)c1)CCNC2. The molecule has 0 amide bonds. The van der Waals surface area contributed by atoms with E-state index < -0.39 is 0 Å². The minimum absolute atomic E-state index is 0.732. The van der Waals surface area contributed by atoms with Crippen molar-refractivity contribution in [2.24, 2.45) is 5.41 Å². The molecule has 0 aromatic heterocycles. The molecule has 1 aliphatic carbocycles. The lowest BCUT2D eigenvalue weighted by molar-refractivity contribution is 0.0902. The van der Waals surface area contributed by atoms with Crippen LogP contribution in [0.4, 0.5) is 5.69 Å². The van der Waals surface area contributed by atoms with Crippen LogP contribution in [0.3, 0.4) is 0 Å². The Kier molecular flexibility index (Phi) is 2.04. The smallest absolute Gasteiger partial charge is 0.0402 e. The van der Waals surface area contributed by atoms with E-state index in [9.17, 15) is 0 Å². The fourth-order valence-corrected chi connectivity index (χ4v) is 3.73. The van der Waals surface area contributed by atoms with Crippen molar-refractivity contribution in [1.29, 1.82) is 0 Å². The van der Waals surface area contributed by atoms with Crippen LogP contribution in [0.2, 0.25) is 0 Å². The van der Waals surface area contributed by atoms with Crippen LogP contribution in [0, 0.1) is 5.41 Å². The van der Waals surface area contributed by atoms with E-state index in [2.05, 4.69) is 28.4 Å². The minimum atomic E-state index is 0.732. The number of fused-ring (bicyclic) bond motifs is 1. The minimum Gasteiger partial charge on any atom is -0.370 e. The van der Waals surface area contributed by atoms with Gasteiger partial charge in [0.1, 0.15) is 0 Å². The summed E-state index contributed by atoms with van der Waals surface area (Å²) in [5.74, 6) is 0. The molecule has 0 bridgehead atoms. The highest BCUT2D eigenvalue weighted by molar-refractivity contribution is 5.60. The summed E-state index contributed by atoms with van der Waals surface area (Å²) in [6, 6.07) is 6.84. The third kappa shape index (κ3) is 1.43. The third-order valence-electron chi connectivity index (χ3n) is 4.92. The monoisotopic (exact) mass is 228 g/mol. The lowest BCUT2D eigenvalue weighted by atomic mass is 9.63. The number of nitrogens with one attached hydrogen (secondary N) is 1. The van der Waals surface area contributed by atoms with Crippen LogP contribution in [0.25, 0.3) is 0 Å². The van der Waals surface area contributed by atoms with E-state index in [1.54, 1.807) is 5.56 Å². The first-order valence-electron chi connectivity index (χ1n) is 6.93. The molecule has 4 rings (SSSR count). The number of anilines is 1. The topological polar surface area (TPSA) is 15.3 Å². The normalized spacial score (nSPS) is 25.1. The summed E-state index contributed by atoms with van der Waals surface area (Å²) < 4.78 is 0. The highest BCUT2D eigenvalue weighted by Crippen LogP contribution is 2.50. The molecule has 90 valence electrons. The molecule has 3 aliphatic rings. The molecule has 1 saturated heterocycles. The number of rotatable bonds is 1. The van der Waals surface area contributed by atoms with E-state index >= 15 is 0 Å². The molecule has 2 fully saturated rings. The Morgan fingerprint density at radius 3 is 2.82 bits per heavy atom. The summed E-state index contributed by atoms with van der Waals surface area (Å²) >= 11 is 0. The van der Waals surface area contributed by atoms with Crippen molar-refractivity contribution in [1.82, 2.24) is 5.32 Å². The first-order chi connectivity index (χ1) is 8.36. The molecule has 2 nitrogen and oxygen atoms in total. The maximum atomic E-state index is 3.46. The van der Waals surface area contributed by atoms with Crippen LogP contribution in [-0.4, -0.2) is 19.6 Å². The van der Waals surface area contributed by atoms with Crippen LogP contribution >= 0.6 is 0 Å². The standard InChI is InChI=1S/C15H20N2/c1-3-12-9-16-8-5-13(12)14(4-1)17-10-15(11-17)6-2-7-15/h1,3-4,16H,2,5-11H2. The largest absolute Gasteiger partial charge is 0.370 e. The van der Waals surface area contributed by atoms with Crippen molar-refractivity contribution in [3.8, 4) is 0 Å². The van der Waals surface area contributed by atoms with Crippen molar-refractivity contribution >= 4 is 5.69 Å². The summed E-state index contributed by atoms with van der Waals surface area (Å²) in [5.41, 5.74) is 5.39. The zero-order valence-electron chi connectivity index (χ0n) is 10.3. The van der Waals surface area contributed by atoms with Gasteiger partial charge in [-0.25, -0.2) is 0 Å². The first-order valence-corrected chi connectivity index (χ1v) is 6.93. The van der Waals surface area contributed by atoms with Gasteiger partial charge in [0.2, 0.25) is 0 Å². The molecule has 1 spiro atoms. The van der Waals surface area contributed by atoms with Gasteiger partial charge in [0.05, 0.1) is 0 Å². The third-order valence-corrected chi connectivity index (χ3v) is 4.92. The van der Waals surface area contributed by atoms with E-state index in [4.69, 9.17) is 0 Å². The lowest BCUT2D eigenvalue weighted by Gasteiger charge is -2.57. The summed E-state index contributed by atoms with van der Waals surface area (Å²) in [4.78, 5) is 2.61. The molecular formula is C15H20N2. The Morgan fingerprint density at radius 1 is 1.18 bits per heavy atom. The van der Waals surface area contributed by atoms with Crippen LogP contribution < -0.4 is 10.2 Å². The average Bonchev–Trinajstić information content (AvgIpc) is 2.26. The molecule has 2 heterocycles. The molecule has 1 aromatic carbocycles. The molecule has 1 saturated carbocycles. The van der Waals surface area contributed by atoms with Crippen molar-refractivity contribution in [2.75, 3.05) is 24.5 Å². The zero-order chi connectivity index (χ0) is 11.3. The molecule has 0 unspecified atom stereocenters. The number of benzene rings is 1. The van der Waals surface area contributed by atoms with E-state index in [1.165, 1.54) is 50.0 Å². The molecule has 0 atom stereocenters. The molecule has 1 N–H and O–H groups in total. The first kappa shape index (κ1) is 9.95. The van der Waals surface area contributed by atoms with Gasteiger partial charge >= 0.3 is 0 Å². The van der Waals surface area contributed by atoms with E-state index in [0.29, 0.717) is 0 Å². The van der Waals surface area contributed by atoms with Crippen molar-refractivity contribution in [3.05, 3.63) is 29.3 Å². The lowest BCUT2D eigenvalue weighted by Crippen LogP contribution is -2.60. The van der Waals surface area contributed by atoms with Gasteiger partial charge in [-0.15, -0.1) is 0 Å². The van der Waals surface area contributed by atoms with Gasteiger partial charge in [0.15, 0.2) is 0 Å². The average molecular weight is 228 g/mol. The van der Waals surface area contributed by atoms with Crippen molar-refractivity contribution in [2.45, 2.75) is 32.2 Å². The van der Waals surface area contributed by atoms with Crippen molar-refractivity contribution < 1.29 is 0 Å². The van der Waals surface area contributed by atoms with E-state index in [-0.39, 0.29) is 0 Å². The van der Waals surface area contributed by atoms with Crippen LogP contribution in [-0.2, 0) is 13.0 Å². The van der Waals surface area contributed by atoms with Gasteiger partial charge < -0.3 is 10.2 Å². The number of hydrogen-bond acceptors (Lipinski definition) is 2. The van der Waals surface area contributed by atoms with Gasteiger partial charge in [-0.2, -0.15) is 0 Å². The second-order valence-corrected chi connectivity index (χ2v) is 6.05. The van der Waals surface area contributed by atoms with Crippen LogP contribution in [0.15, 0.2) is 18.2 Å². The zero-order valence-corrected chi connectivity index (χ0v) is 10.3. The van der Waals surface area contributed by atoms with Gasteiger partial charge in [-0.05, 0) is 43.0 Å². The number of nitrogens with zero attached hydrogens (tertiary/aromatic N) is 1. The molecule has 0 radical (unpaired) electrons. The van der Waals surface area contributed by atoms with Crippen LogP contribution in [0.5, 0.6) is 0 Å². The predicted molar refractivity (Wildman–Crippen MR) is 70.3 cm³/mol.